The highest BCUT2D eigenvalue weighted by atomic mass is 32.2. The van der Waals surface area contributed by atoms with Crippen LogP contribution in [-0.4, -0.2) is 47.0 Å². The molecule has 0 amide bonds. The highest BCUT2D eigenvalue weighted by Crippen LogP contribution is 2.27. The molecule has 20 heavy (non-hydrogen) atoms. The van der Waals surface area contributed by atoms with Gasteiger partial charge in [0.15, 0.2) is 0 Å². The Bertz CT molecular complexity index is 588. The molecule has 1 aliphatic rings. The minimum atomic E-state index is -3.78. The van der Waals surface area contributed by atoms with Gasteiger partial charge in [0.05, 0.1) is 5.69 Å². The average molecular weight is 298 g/mol. The summed E-state index contributed by atoms with van der Waals surface area (Å²) in [4.78, 5) is 4.32. The lowest BCUT2D eigenvalue weighted by Crippen LogP contribution is -2.29. The molecule has 1 aromatic carbocycles. The van der Waals surface area contributed by atoms with E-state index in [0.717, 1.165) is 26.1 Å². The number of sulfonamides is 1. The van der Waals surface area contributed by atoms with E-state index in [2.05, 4.69) is 11.9 Å². The van der Waals surface area contributed by atoms with Gasteiger partial charge in [0.25, 0.3) is 0 Å². The van der Waals surface area contributed by atoms with Crippen LogP contribution in [0, 0.1) is 5.92 Å². The number of nitrogens with two attached hydrogens (primary N) is 2. The topological polar surface area (TPSA) is 92.7 Å². The zero-order chi connectivity index (χ0) is 14.9. The first kappa shape index (κ1) is 15.1. The van der Waals surface area contributed by atoms with Gasteiger partial charge in [-0.2, -0.15) is 0 Å². The third kappa shape index (κ3) is 3.41. The van der Waals surface area contributed by atoms with Crippen molar-refractivity contribution >= 4 is 21.4 Å². The zero-order valence-electron chi connectivity index (χ0n) is 11.9. The second-order valence-corrected chi connectivity index (χ2v) is 7.10. The minimum Gasteiger partial charge on any atom is -0.399 e. The Morgan fingerprint density at radius 2 is 2.15 bits per heavy atom. The standard InChI is InChI=1S/C13H22N4O2S/c1-16-6-5-10(8-16)9-17(2)12-4-3-11(14)7-13(12)20(15,18)19/h3-4,7,10H,5-6,8-9,14H2,1-2H3,(H2,15,18,19). The van der Waals surface area contributed by atoms with Crippen molar-refractivity contribution in [1.82, 2.24) is 4.90 Å². The van der Waals surface area contributed by atoms with Gasteiger partial charge in [-0.15, -0.1) is 0 Å². The number of benzene rings is 1. The Morgan fingerprint density at radius 1 is 1.45 bits per heavy atom. The smallest absolute Gasteiger partial charge is 0.240 e. The van der Waals surface area contributed by atoms with Crippen molar-refractivity contribution in [3.8, 4) is 0 Å². The summed E-state index contributed by atoms with van der Waals surface area (Å²) in [6.07, 6.45) is 1.13. The lowest BCUT2D eigenvalue weighted by atomic mass is 10.1. The molecule has 0 bridgehead atoms. The summed E-state index contributed by atoms with van der Waals surface area (Å²) in [7, 11) is 0.206. The molecule has 1 heterocycles. The van der Waals surface area contributed by atoms with Crippen LogP contribution in [-0.2, 0) is 10.0 Å². The van der Waals surface area contributed by atoms with Gasteiger partial charge in [0.2, 0.25) is 10.0 Å². The molecule has 1 aliphatic heterocycles. The van der Waals surface area contributed by atoms with Crippen LogP contribution in [0.2, 0.25) is 0 Å². The van der Waals surface area contributed by atoms with Crippen molar-refractivity contribution in [1.29, 1.82) is 0 Å². The van der Waals surface area contributed by atoms with E-state index in [1.54, 1.807) is 12.1 Å². The molecule has 7 heteroatoms. The molecule has 4 N–H and O–H groups in total. The molecule has 0 spiro atoms. The number of anilines is 2. The minimum absolute atomic E-state index is 0.0892. The molecule has 2 rings (SSSR count). The first-order valence-corrected chi connectivity index (χ1v) is 8.14. The Labute approximate surface area is 120 Å². The summed E-state index contributed by atoms with van der Waals surface area (Å²) in [5.74, 6) is 0.538. The number of primary sulfonamides is 1. The number of rotatable bonds is 4. The van der Waals surface area contributed by atoms with Gasteiger partial charge in [-0.3, -0.25) is 0 Å². The second kappa shape index (κ2) is 5.59. The number of nitrogen functional groups attached to an aromatic ring is 1. The summed E-state index contributed by atoms with van der Waals surface area (Å²) in [6, 6.07) is 4.83. The SMILES string of the molecule is CN1CCC(CN(C)c2ccc(N)cc2S(N)(=O)=O)C1. The maximum atomic E-state index is 11.7. The molecule has 1 saturated heterocycles. The van der Waals surface area contributed by atoms with Gasteiger partial charge < -0.3 is 15.5 Å². The van der Waals surface area contributed by atoms with Gasteiger partial charge in [-0.05, 0) is 44.1 Å². The third-order valence-electron chi connectivity index (χ3n) is 3.72. The maximum absolute atomic E-state index is 11.7. The molecule has 1 aromatic rings. The Hall–Kier alpha value is -1.31. The summed E-state index contributed by atoms with van der Waals surface area (Å²) >= 11 is 0. The maximum Gasteiger partial charge on any atom is 0.240 e. The highest BCUT2D eigenvalue weighted by molar-refractivity contribution is 7.89. The third-order valence-corrected chi connectivity index (χ3v) is 4.66. The van der Waals surface area contributed by atoms with Crippen LogP contribution in [0.25, 0.3) is 0 Å². The fourth-order valence-corrected chi connectivity index (χ4v) is 3.55. The Balaban J connectivity index is 2.23. The van der Waals surface area contributed by atoms with Crippen molar-refractivity contribution in [2.24, 2.45) is 11.1 Å². The van der Waals surface area contributed by atoms with Crippen molar-refractivity contribution in [2.45, 2.75) is 11.3 Å². The normalized spacial score (nSPS) is 20.2. The first-order chi connectivity index (χ1) is 9.27. The molecule has 6 nitrogen and oxygen atoms in total. The molecule has 0 aliphatic carbocycles. The van der Waals surface area contributed by atoms with Crippen LogP contribution in [0.1, 0.15) is 6.42 Å². The predicted octanol–water partition coefficient (Wildman–Crippen LogP) is 0.304. The summed E-state index contributed by atoms with van der Waals surface area (Å²) < 4.78 is 23.4. The zero-order valence-corrected chi connectivity index (χ0v) is 12.7. The van der Waals surface area contributed by atoms with Crippen molar-refractivity contribution in [3.63, 3.8) is 0 Å². The number of nitrogens with zero attached hydrogens (tertiary/aromatic N) is 2. The van der Waals surface area contributed by atoms with E-state index < -0.39 is 10.0 Å². The quantitative estimate of drug-likeness (QED) is 0.780. The Morgan fingerprint density at radius 3 is 2.70 bits per heavy atom. The molecule has 1 unspecified atom stereocenters. The molecule has 0 aromatic heterocycles. The Kier molecular flexibility index (Phi) is 4.22. The lowest BCUT2D eigenvalue weighted by molar-refractivity contribution is 0.395. The number of hydrogen-bond donors (Lipinski definition) is 2. The van der Waals surface area contributed by atoms with E-state index >= 15 is 0 Å². The van der Waals surface area contributed by atoms with Crippen molar-refractivity contribution in [2.75, 3.05) is 44.4 Å². The van der Waals surface area contributed by atoms with Crippen molar-refractivity contribution < 1.29 is 8.42 Å². The molecule has 0 saturated carbocycles. The van der Waals surface area contributed by atoms with Gasteiger partial charge >= 0.3 is 0 Å². The molecule has 1 atom stereocenters. The van der Waals surface area contributed by atoms with E-state index in [-0.39, 0.29) is 4.90 Å². The summed E-state index contributed by atoms with van der Waals surface area (Å²) in [5.41, 5.74) is 6.66. The van der Waals surface area contributed by atoms with Crippen LogP contribution in [0.3, 0.4) is 0 Å². The van der Waals surface area contributed by atoms with E-state index in [1.807, 2.05) is 11.9 Å². The second-order valence-electron chi connectivity index (χ2n) is 5.57. The van der Waals surface area contributed by atoms with Gasteiger partial charge in [0.1, 0.15) is 4.90 Å². The molecular weight excluding hydrogens is 276 g/mol. The van der Waals surface area contributed by atoms with Gasteiger partial charge in [-0.1, -0.05) is 0 Å². The molecular formula is C13H22N4O2S. The van der Waals surface area contributed by atoms with Gasteiger partial charge in [-0.25, -0.2) is 13.6 Å². The monoisotopic (exact) mass is 298 g/mol. The summed E-state index contributed by atoms with van der Waals surface area (Å²) in [5, 5.41) is 5.28. The number of hydrogen-bond acceptors (Lipinski definition) is 5. The van der Waals surface area contributed by atoms with E-state index in [1.165, 1.54) is 6.07 Å². The van der Waals surface area contributed by atoms with E-state index in [9.17, 15) is 8.42 Å². The predicted molar refractivity (Wildman–Crippen MR) is 81.1 cm³/mol. The van der Waals surface area contributed by atoms with Crippen LogP contribution in [0.15, 0.2) is 23.1 Å². The van der Waals surface area contributed by atoms with Gasteiger partial charge in [0, 0.05) is 25.8 Å². The largest absolute Gasteiger partial charge is 0.399 e. The lowest BCUT2D eigenvalue weighted by Gasteiger charge is -2.25. The first-order valence-electron chi connectivity index (χ1n) is 6.59. The fourth-order valence-electron chi connectivity index (χ4n) is 2.73. The highest BCUT2D eigenvalue weighted by Gasteiger charge is 2.23. The van der Waals surface area contributed by atoms with Crippen LogP contribution >= 0.6 is 0 Å². The summed E-state index contributed by atoms with van der Waals surface area (Å²) in [6.45, 7) is 2.92. The fraction of sp³-hybridized carbons (Fsp3) is 0.538. The van der Waals surface area contributed by atoms with Crippen LogP contribution in [0.4, 0.5) is 11.4 Å². The van der Waals surface area contributed by atoms with Crippen LogP contribution < -0.4 is 15.8 Å². The average Bonchev–Trinajstić information content (AvgIpc) is 2.73. The number of likely N-dealkylation sites (tertiary alicyclic amines) is 1. The molecule has 1 fully saturated rings. The van der Waals surface area contributed by atoms with Crippen molar-refractivity contribution in [3.05, 3.63) is 18.2 Å². The molecule has 0 radical (unpaired) electrons. The van der Waals surface area contributed by atoms with E-state index in [0.29, 0.717) is 17.3 Å². The van der Waals surface area contributed by atoms with Crippen LogP contribution in [0.5, 0.6) is 0 Å². The van der Waals surface area contributed by atoms with E-state index in [4.69, 9.17) is 10.9 Å². The molecule has 112 valence electrons.